The fraction of sp³-hybridized carbons (Fsp3) is 0.250. The van der Waals surface area contributed by atoms with E-state index in [1.54, 1.807) is 19.1 Å². The van der Waals surface area contributed by atoms with Crippen molar-refractivity contribution < 1.29 is 18.7 Å². The predicted octanol–water partition coefficient (Wildman–Crippen LogP) is 3.59. The molecule has 0 spiro atoms. The molecule has 1 aromatic carbocycles. The lowest BCUT2D eigenvalue weighted by Gasteiger charge is -2.18. The van der Waals surface area contributed by atoms with Crippen molar-refractivity contribution in [2.24, 2.45) is 0 Å². The molecule has 0 bridgehead atoms. The monoisotopic (exact) mass is 397 g/mol. The highest BCUT2D eigenvalue weighted by molar-refractivity contribution is 7.09. The molecule has 0 radical (unpaired) electrons. The molecule has 0 aliphatic carbocycles. The summed E-state index contributed by atoms with van der Waals surface area (Å²) in [5.74, 6) is 0.808. The van der Waals surface area contributed by atoms with Gasteiger partial charge in [0.05, 0.1) is 18.5 Å². The van der Waals surface area contributed by atoms with Gasteiger partial charge in [0.2, 0.25) is 0 Å². The highest BCUT2D eigenvalue weighted by atomic mass is 32.1. The molecule has 1 N–H and O–H groups in total. The van der Waals surface area contributed by atoms with Crippen LogP contribution in [0, 0.1) is 6.92 Å². The fourth-order valence-electron chi connectivity index (χ4n) is 3.00. The summed E-state index contributed by atoms with van der Waals surface area (Å²) in [6, 6.07) is 10.7. The zero-order valence-electron chi connectivity index (χ0n) is 15.5. The molecule has 144 valence electrons. The van der Waals surface area contributed by atoms with Crippen LogP contribution in [0.4, 0.5) is 4.79 Å². The first-order chi connectivity index (χ1) is 13.5. The average Bonchev–Trinajstić information content (AvgIpc) is 3.40. The van der Waals surface area contributed by atoms with E-state index < -0.39 is 11.6 Å². The number of furan rings is 1. The molecule has 3 heterocycles. The number of thiazole rings is 1. The number of benzene rings is 1. The van der Waals surface area contributed by atoms with Crippen LogP contribution in [0.3, 0.4) is 0 Å². The highest BCUT2D eigenvalue weighted by Gasteiger charge is 2.51. The molecule has 3 amide bonds. The number of nitrogens with one attached hydrogen (secondary N) is 1. The second-order valence-electron chi connectivity index (χ2n) is 6.76. The molecule has 1 fully saturated rings. The second-order valence-corrected chi connectivity index (χ2v) is 7.70. The number of carbonyl (C=O) groups excluding carboxylic acids is 2. The van der Waals surface area contributed by atoms with Gasteiger partial charge in [-0.15, -0.1) is 11.3 Å². The van der Waals surface area contributed by atoms with Gasteiger partial charge in [0.25, 0.3) is 5.91 Å². The number of hydrogen-bond donors (Lipinski definition) is 1. The normalized spacial score (nSPS) is 19.1. The summed E-state index contributed by atoms with van der Waals surface area (Å²) in [6.45, 7) is 4.08. The van der Waals surface area contributed by atoms with Crippen LogP contribution in [-0.2, 0) is 23.5 Å². The number of ether oxygens (including phenoxy) is 1. The lowest BCUT2D eigenvalue weighted by molar-refractivity contribution is -0.132. The summed E-state index contributed by atoms with van der Waals surface area (Å²) < 4.78 is 11.1. The molecule has 1 saturated heterocycles. The van der Waals surface area contributed by atoms with Crippen LogP contribution < -0.4 is 10.1 Å². The van der Waals surface area contributed by atoms with Crippen LogP contribution in [0.15, 0.2) is 52.5 Å². The van der Waals surface area contributed by atoms with Crippen LogP contribution in [0.5, 0.6) is 5.75 Å². The number of amides is 3. The van der Waals surface area contributed by atoms with Crippen molar-refractivity contribution in [2.75, 3.05) is 0 Å². The molecule has 1 unspecified atom stereocenters. The van der Waals surface area contributed by atoms with E-state index in [-0.39, 0.29) is 12.5 Å². The van der Waals surface area contributed by atoms with Gasteiger partial charge in [-0.3, -0.25) is 9.69 Å². The molecule has 0 saturated carbocycles. The summed E-state index contributed by atoms with van der Waals surface area (Å²) in [5, 5.41) is 5.31. The Morgan fingerprint density at radius 3 is 2.75 bits per heavy atom. The van der Waals surface area contributed by atoms with Crippen LogP contribution >= 0.6 is 11.3 Å². The first-order valence-electron chi connectivity index (χ1n) is 8.76. The fourth-order valence-corrected chi connectivity index (χ4v) is 3.70. The molecular weight excluding hydrogens is 378 g/mol. The number of hydrogen-bond acceptors (Lipinski definition) is 6. The quantitative estimate of drug-likeness (QED) is 0.643. The Kier molecular flexibility index (Phi) is 4.64. The van der Waals surface area contributed by atoms with E-state index in [9.17, 15) is 9.59 Å². The smallest absolute Gasteiger partial charge is 0.325 e. The van der Waals surface area contributed by atoms with Crippen LogP contribution in [0.2, 0.25) is 0 Å². The number of imide groups is 1. The molecule has 2 aromatic heterocycles. The standard InChI is InChI=1S/C20H19N3O4S/c1-13-5-7-15(8-6-13)27-11-17-21-14(12-28-17)10-23-18(24)20(2,22-19(23)25)16-4-3-9-26-16/h3-9,12H,10-11H2,1-2H3,(H,22,25). The van der Waals surface area contributed by atoms with Gasteiger partial charge in [0.1, 0.15) is 23.1 Å². The Morgan fingerprint density at radius 1 is 1.25 bits per heavy atom. The minimum atomic E-state index is -1.20. The van der Waals surface area contributed by atoms with Gasteiger partial charge in [-0.05, 0) is 38.1 Å². The van der Waals surface area contributed by atoms with Gasteiger partial charge < -0.3 is 14.5 Å². The Bertz CT molecular complexity index is 997. The van der Waals surface area contributed by atoms with Crippen molar-refractivity contribution in [1.29, 1.82) is 0 Å². The number of urea groups is 1. The molecule has 28 heavy (non-hydrogen) atoms. The largest absolute Gasteiger partial charge is 0.486 e. The van der Waals surface area contributed by atoms with E-state index in [0.717, 1.165) is 15.7 Å². The molecule has 7 nitrogen and oxygen atoms in total. The van der Waals surface area contributed by atoms with Crippen molar-refractivity contribution >= 4 is 23.3 Å². The third-order valence-corrected chi connectivity index (χ3v) is 5.46. The number of rotatable bonds is 6. The number of aryl methyl sites for hydroxylation is 1. The minimum absolute atomic E-state index is 0.0992. The average molecular weight is 397 g/mol. The van der Waals surface area contributed by atoms with Crippen molar-refractivity contribution in [2.45, 2.75) is 32.5 Å². The van der Waals surface area contributed by atoms with E-state index in [4.69, 9.17) is 9.15 Å². The minimum Gasteiger partial charge on any atom is -0.486 e. The third-order valence-electron chi connectivity index (χ3n) is 4.59. The van der Waals surface area contributed by atoms with E-state index in [1.165, 1.54) is 23.2 Å². The van der Waals surface area contributed by atoms with Gasteiger partial charge in [0.15, 0.2) is 5.54 Å². The topological polar surface area (TPSA) is 84.7 Å². The van der Waals surface area contributed by atoms with E-state index in [0.29, 0.717) is 18.1 Å². The maximum atomic E-state index is 12.8. The Hall–Kier alpha value is -3.13. The molecular formula is C20H19N3O4S. The molecule has 1 atom stereocenters. The van der Waals surface area contributed by atoms with E-state index in [2.05, 4.69) is 10.3 Å². The summed E-state index contributed by atoms with van der Waals surface area (Å²) in [6.07, 6.45) is 1.48. The summed E-state index contributed by atoms with van der Waals surface area (Å²) >= 11 is 1.43. The van der Waals surface area contributed by atoms with Crippen molar-refractivity contribution in [3.63, 3.8) is 0 Å². The third kappa shape index (κ3) is 3.38. The van der Waals surface area contributed by atoms with Gasteiger partial charge in [0, 0.05) is 5.38 Å². The van der Waals surface area contributed by atoms with E-state index in [1.807, 2.05) is 36.6 Å². The molecule has 4 rings (SSSR count). The van der Waals surface area contributed by atoms with Gasteiger partial charge in [-0.1, -0.05) is 17.7 Å². The first-order valence-corrected chi connectivity index (χ1v) is 9.64. The van der Waals surface area contributed by atoms with Crippen LogP contribution in [-0.4, -0.2) is 21.8 Å². The molecule has 8 heteroatoms. The predicted molar refractivity (Wildman–Crippen MR) is 103 cm³/mol. The lowest BCUT2D eigenvalue weighted by Crippen LogP contribution is -2.40. The summed E-state index contributed by atoms with van der Waals surface area (Å²) in [7, 11) is 0. The van der Waals surface area contributed by atoms with Gasteiger partial charge in [-0.2, -0.15) is 0 Å². The highest BCUT2D eigenvalue weighted by Crippen LogP contribution is 2.30. The zero-order chi connectivity index (χ0) is 19.7. The Balaban J connectivity index is 1.41. The molecule has 1 aliphatic rings. The Labute approximate surface area is 165 Å². The van der Waals surface area contributed by atoms with Gasteiger partial charge >= 0.3 is 6.03 Å². The molecule has 1 aliphatic heterocycles. The second kappa shape index (κ2) is 7.12. The van der Waals surface area contributed by atoms with E-state index >= 15 is 0 Å². The number of carbonyl (C=O) groups is 2. The molecule has 3 aromatic rings. The van der Waals surface area contributed by atoms with Crippen molar-refractivity contribution in [1.82, 2.24) is 15.2 Å². The summed E-state index contributed by atoms with van der Waals surface area (Å²) in [5.41, 5.74) is 0.604. The van der Waals surface area contributed by atoms with Crippen molar-refractivity contribution in [3.05, 3.63) is 70.1 Å². The maximum absolute atomic E-state index is 12.8. The van der Waals surface area contributed by atoms with Gasteiger partial charge in [-0.25, -0.2) is 9.78 Å². The maximum Gasteiger partial charge on any atom is 0.325 e. The Morgan fingerprint density at radius 2 is 2.04 bits per heavy atom. The SMILES string of the molecule is Cc1ccc(OCc2nc(CN3C(=O)NC(C)(c4ccco4)C3=O)cs2)cc1. The number of aromatic nitrogens is 1. The van der Waals surface area contributed by atoms with Crippen LogP contribution in [0.25, 0.3) is 0 Å². The van der Waals surface area contributed by atoms with Crippen LogP contribution in [0.1, 0.15) is 28.9 Å². The van der Waals surface area contributed by atoms with Crippen molar-refractivity contribution in [3.8, 4) is 5.75 Å². The first kappa shape index (κ1) is 18.2. The lowest BCUT2D eigenvalue weighted by atomic mass is 9.99. The zero-order valence-corrected chi connectivity index (χ0v) is 16.3. The summed E-state index contributed by atoms with van der Waals surface area (Å²) in [4.78, 5) is 30.8. The number of nitrogens with zero attached hydrogens (tertiary/aromatic N) is 2.